The Labute approximate surface area is 143 Å². The van der Waals surface area contributed by atoms with E-state index in [0.717, 1.165) is 12.8 Å². The third-order valence-electron chi connectivity index (χ3n) is 4.04. The smallest absolute Gasteiger partial charge is 0.261 e. The van der Waals surface area contributed by atoms with E-state index >= 15 is 0 Å². The number of fused-ring (bicyclic) bond motifs is 1. The summed E-state index contributed by atoms with van der Waals surface area (Å²) in [5.74, 6) is -1.19. The third-order valence-corrected chi connectivity index (χ3v) is 4.04. The number of ether oxygens (including phenoxy) is 1. The SMILES string of the molecule is N#C/C(=N\Nc1ccc2c(c1)C(=O)N(CC1CCCO1)C2=O)C(=N)N. The van der Waals surface area contributed by atoms with E-state index < -0.39 is 5.84 Å². The minimum Gasteiger partial charge on any atom is -0.382 e. The Morgan fingerprint density at radius 2 is 2.20 bits per heavy atom. The lowest BCUT2D eigenvalue weighted by Gasteiger charge is -2.17. The summed E-state index contributed by atoms with van der Waals surface area (Å²) in [6.07, 6.45) is 1.65. The van der Waals surface area contributed by atoms with Gasteiger partial charge in [-0.2, -0.15) is 10.4 Å². The van der Waals surface area contributed by atoms with E-state index in [-0.39, 0.29) is 35.7 Å². The van der Waals surface area contributed by atoms with Crippen LogP contribution in [0.1, 0.15) is 33.6 Å². The van der Waals surface area contributed by atoms with Gasteiger partial charge in [-0.3, -0.25) is 25.3 Å². The minimum absolute atomic E-state index is 0.113. The maximum absolute atomic E-state index is 12.5. The molecule has 0 aromatic heterocycles. The predicted octanol–water partition coefficient (Wildman–Crippen LogP) is 0.689. The summed E-state index contributed by atoms with van der Waals surface area (Å²) < 4.78 is 5.50. The molecule has 2 amide bonds. The van der Waals surface area contributed by atoms with Gasteiger partial charge >= 0.3 is 0 Å². The van der Waals surface area contributed by atoms with Crippen molar-refractivity contribution in [2.75, 3.05) is 18.6 Å². The number of benzene rings is 1. The molecule has 1 saturated heterocycles. The highest BCUT2D eigenvalue weighted by Gasteiger charge is 2.37. The van der Waals surface area contributed by atoms with E-state index in [4.69, 9.17) is 21.1 Å². The Morgan fingerprint density at radius 3 is 2.84 bits per heavy atom. The lowest BCUT2D eigenvalue weighted by atomic mass is 10.1. The summed E-state index contributed by atoms with van der Waals surface area (Å²) in [5.41, 5.74) is 8.51. The minimum atomic E-state index is -0.467. The van der Waals surface area contributed by atoms with Gasteiger partial charge in [0.05, 0.1) is 29.5 Å². The standard InChI is InChI=1S/C16H16N6O3/c17-7-13(14(18)19)21-20-9-3-4-11-12(6-9)16(24)22(15(11)23)8-10-2-1-5-25-10/h3-4,6,10,20H,1-2,5,8H2,(H3,18,19)/b21-13+. The van der Waals surface area contributed by atoms with Crippen molar-refractivity contribution in [1.29, 1.82) is 10.7 Å². The molecule has 25 heavy (non-hydrogen) atoms. The molecule has 9 heteroatoms. The van der Waals surface area contributed by atoms with E-state index in [1.54, 1.807) is 12.1 Å². The van der Waals surface area contributed by atoms with Crippen molar-refractivity contribution >= 4 is 29.0 Å². The van der Waals surface area contributed by atoms with Crippen LogP contribution in [0, 0.1) is 16.7 Å². The number of anilines is 1. The molecule has 1 aromatic rings. The molecule has 0 saturated carbocycles. The Hall–Kier alpha value is -3.25. The topological polar surface area (TPSA) is 145 Å². The largest absolute Gasteiger partial charge is 0.382 e. The van der Waals surface area contributed by atoms with Crippen LogP contribution in [0.3, 0.4) is 0 Å². The summed E-state index contributed by atoms with van der Waals surface area (Å²) in [6, 6.07) is 6.27. The zero-order valence-electron chi connectivity index (χ0n) is 13.3. The van der Waals surface area contributed by atoms with Crippen LogP contribution < -0.4 is 11.2 Å². The highest BCUT2D eigenvalue weighted by Crippen LogP contribution is 2.27. The molecule has 0 aliphatic carbocycles. The molecule has 1 fully saturated rings. The fourth-order valence-electron chi connectivity index (χ4n) is 2.78. The number of hydrogen-bond donors (Lipinski definition) is 3. The Kier molecular flexibility index (Phi) is 4.45. The van der Waals surface area contributed by atoms with Gasteiger partial charge in [0.1, 0.15) is 6.07 Å². The number of carbonyl (C=O) groups is 2. The number of hydrazone groups is 1. The average Bonchev–Trinajstić information content (AvgIpc) is 3.18. The van der Waals surface area contributed by atoms with Gasteiger partial charge < -0.3 is 10.5 Å². The van der Waals surface area contributed by atoms with E-state index in [9.17, 15) is 9.59 Å². The molecule has 0 bridgehead atoms. The normalized spacial score (nSPS) is 19.7. The molecular formula is C16H16N6O3. The fourth-order valence-corrected chi connectivity index (χ4v) is 2.78. The molecule has 2 heterocycles. The first kappa shape index (κ1) is 16.6. The predicted molar refractivity (Wildman–Crippen MR) is 89.4 cm³/mol. The number of hydrogen-bond acceptors (Lipinski definition) is 7. The molecule has 2 aliphatic rings. The second kappa shape index (κ2) is 6.70. The van der Waals surface area contributed by atoms with Gasteiger partial charge in [0.25, 0.3) is 11.8 Å². The van der Waals surface area contributed by atoms with Crippen LogP contribution >= 0.6 is 0 Å². The monoisotopic (exact) mass is 340 g/mol. The zero-order valence-corrected chi connectivity index (χ0v) is 13.3. The van der Waals surface area contributed by atoms with E-state index in [0.29, 0.717) is 17.9 Å². The molecule has 1 atom stereocenters. The van der Waals surface area contributed by atoms with Gasteiger partial charge in [0.2, 0.25) is 5.71 Å². The summed E-state index contributed by atoms with van der Waals surface area (Å²) >= 11 is 0. The average molecular weight is 340 g/mol. The van der Waals surface area contributed by atoms with Crippen LogP contribution in [-0.2, 0) is 4.74 Å². The van der Waals surface area contributed by atoms with Crippen LogP contribution in [0.5, 0.6) is 0 Å². The van der Waals surface area contributed by atoms with Crippen molar-refractivity contribution in [3.05, 3.63) is 29.3 Å². The number of imide groups is 1. The van der Waals surface area contributed by atoms with Crippen molar-refractivity contribution in [3.63, 3.8) is 0 Å². The van der Waals surface area contributed by atoms with Crippen LogP contribution in [0.25, 0.3) is 0 Å². The van der Waals surface area contributed by atoms with Gasteiger partial charge in [0, 0.05) is 6.61 Å². The number of nitrogens with two attached hydrogens (primary N) is 1. The zero-order chi connectivity index (χ0) is 18.0. The lowest BCUT2D eigenvalue weighted by Crippen LogP contribution is -2.36. The van der Waals surface area contributed by atoms with Gasteiger partial charge in [-0.15, -0.1) is 0 Å². The number of nitrogens with zero attached hydrogens (tertiary/aromatic N) is 3. The van der Waals surface area contributed by atoms with Gasteiger partial charge in [-0.1, -0.05) is 0 Å². The summed E-state index contributed by atoms with van der Waals surface area (Å²) in [5, 5.41) is 19.7. The molecule has 0 spiro atoms. The van der Waals surface area contributed by atoms with E-state index in [1.165, 1.54) is 17.0 Å². The second-order valence-electron chi connectivity index (χ2n) is 5.71. The third kappa shape index (κ3) is 3.20. The molecule has 4 N–H and O–H groups in total. The molecule has 9 nitrogen and oxygen atoms in total. The summed E-state index contributed by atoms with van der Waals surface area (Å²) in [4.78, 5) is 26.1. The molecule has 2 aliphatic heterocycles. The van der Waals surface area contributed by atoms with Crippen molar-refractivity contribution in [2.24, 2.45) is 10.8 Å². The molecule has 0 radical (unpaired) electrons. The second-order valence-corrected chi connectivity index (χ2v) is 5.71. The number of nitrogens with one attached hydrogen (secondary N) is 2. The maximum atomic E-state index is 12.5. The fraction of sp³-hybridized carbons (Fsp3) is 0.312. The van der Waals surface area contributed by atoms with Gasteiger partial charge in [-0.25, -0.2) is 0 Å². The summed E-state index contributed by atoms with van der Waals surface area (Å²) in [6.45, 7) is 0.896. The number of amides is 2. The van der Waals surface area contributed by atoms with Crippen LogP contribution in [0.4, 0.5) is 5.69 Å². The number of rotatable bonds is 5. The van der Waals surface area contributed by atoms with E-state index in [1.807, 2.05) is 0 Å². The van der Waals surface area contributed by atoms with Crippen molar-refractivity contribution in [1.82, 2.24) is 4.90 Å². The molecule has 128 valence electrons. The first-order valence-electron chi connectivity index (χ1n) is 7.71. The summed E-state index contributed by atoms with van der Waals surface area (Å²) in [7, 11) is 0. The molecule has 3 rings (SSSR count). The van der Waals surface area contributed by atoms with Crippen LogP contribution in [-0.4, -0.2) is 47.5 Å². The van der Waals surface area contributed by atoms with Crippen LogP contribution in [0.2, 0.25) is 0 Å². The first-order chi connectivity index (χ1) is 12.0. The lowest BCUT2D eigenvalue weighted by molar-refractivity contribution is 0.0475. The number of amidine groups is 1. The highest BCUT2D eigenvalue weighted by atomic mass is 16.5. The quantitative estimate of drug-likeness (QED) is 0.311. The van der Waals surface area contributed by atoms with Crippen molar-refractivity contribution < 1.29 is 14.3 Å². The van der Waals surface area contributed by atoms with Crippen LogP contribution in [0.15, 0.2) is 23.3 Å². The molecule has 1 unspecified atom stereocenters. The Morgan fingerprint density at radius 1 is 1.44 bits per heavy atom. The Balaban J connectivity index is 1.79. The molecular weight excluding hydrogens is 324 g/mol. The number of carbonyl (C=O) groups excluding carboxylic acids is 2. The Bertz CT molecular complexity index is 820. The van der Waals surface area contributed by atoms with E-state index in [2.05, 4.69) is 10.5 Å². The first-order valence-corrected chi connectivity index (χ1v) is 7.71. The molecule has 1 aromatic carbocycles. The number of nitriles is 1. The van der Waals surface area contributed by atoms with Crippen molar-refractivity contribution in [2.45, 2.75) is 18.9 Å². The highest BCUT2D eigenvalue weighted by molar-refractivity contribution is 6.45. The van der Waals surface area contributed by atoms with Gasteiger partial charge in [0.15, 0.2) is 5.84 Å². The van der Waals surface area contributed by atoms with Crippen molar-refractivity contribution in [3.8, 4) is 6.07 Å². The van der Waals surface area contributed by atoms with Gasteiger partial charge in [-0.05, 0) is 31.0 Å². The maximum Gasteiger partial charge on any atom is 0.261 e.